The van der Waals surface area contributed by atoms with Gasteiger partial charge in [-0.25, -0.2) is 0 Å². The summed E-state index contributed by atoms with van der Waals surface area (Å²) >= 11 is 0. The number of amides is 2. The summed E-state index contributed by atoms with van der Waals surface area (Å²) in [5, 5.41) is 4.23. The van der Waals surface area contributed by atoms with Crippen LogP contribution in [-0.4, -0.2) is 72.2 Å². The number of aromatic nitrogens is 1. The van der Waals surface area contributed by atoms with Gasteiger partial charge in [0.05, 0.1) is 18.5 Å². The molecule has 33 heavy (non-hydrogen) atoms. The van der Waals surface area contributed by atoms with Crippen molar-refractivity contribution in [2.24, 2.45) is 5.16 Å². The first kappa shape index (κ1) is 22.8. The van der Waals surface area contributed by atoms with Crippen molar-refractivity contribution >= 4 is 17.5 Å². The molecule has 0 aliphatic carbocycles. The van der Waals surface area contributed by atoms with Gasteiger partial charge in [-0.2, -0.15) is 0 Å². The first-order chi connectivity index (χ1) is 15.8. The average Bonchev–Trinajstić information content (AvgIpc) is 3.26. The number of ether oxygens (including phenoxy) is 1. The van der Waals surface area contributed by atoms with E-state index in [9.17, 15) is 9.59 Å². The van der Waals surface area contributed by atoms with Crippen LogP contribution in [-0.2, 0) is 19.8 Å². The number of methoxy groups -OCH3 is 1. The van der Waals surface area contributed by atoms with Crippen molar-refractivity contribution in [3.05, 3.63) is 59.9 Å². The fourth-order valence-corrected chi connectivity index (χ4v) is 4.72. The highest BCUT2D eigenvalue weighted by atomic mass is 16.7. The fourth-order valence-electron chi connectivity index (χ4n) is 4.72. The summed E-state index contributed by atoms with van der Waals surface area (Å²) in [7, 11) is 5.10. The Balaban J connectivity index is 1.56. The Morgan fingerprint density at radius 2 is 1.91 bits per heavy atom. The molecule has 0 saturated carbocycles. The second-order valence-corrected chi connectivity index (χ2v) is 9.09. The van der Waals surface area contributed by atoms with Gasteiger partial charge < -0.3 is 19.4 Å². The van der Waals surface area contributed by atoms with Crippen molar-refractivity contribution < 1.29 is 19.2 Å². The lowest BCUT2D eigenvalue weighted by Crippen LogP contribution is -2.59. The molecule has 2 aliphatic heterocycles. The van der Waals surface area contributed by atoms with Crippen molar-refractivity contribution in [2.75, 3.05) is 34.3 Å². The van der Waals surface area contributed by atoms with Crippen molar-refractivity contribution in [1.82, 2.24) is 14.8 Å². The third-order valence-electron chi connectivity index (χ3n) is 6.49. The molecule has 0 bridgehead atoms. The molecule has 174 valence electrons. The number of benzene rings is 1. The Kier molecular flexibility index (Phi) is 6.10. The lowest BCUT2D eigenvalue weighted by Gasteiger charge is -2.43. The monoisotopic (exact) mass is 450 g/mol. The summed E-state index contributed by atoms with van der Waals surface area (Å²) in [5.74, 6) is 0.537. The highest BCUT2D eigenvalue weighted by Crippen LogP contribution is 2.37. The number of carbonyl (C=O) groups is 2. The van der Waals surface area contributed by atoms with E-state index in [2.05, 4.69) is 10.1 Å². The molecule has 8 nitrogen and oxygen atoms in total. The number of hydrogen-bond acceptors (Lipinski definition) is 6. The van der Waals surface area contributed by atoms with E-state index in [1.165, 1.54) is 0 Å². The maximum Gasteiger partial charge on any atom is 0.269 e. The van der Waals surface area contributed by atoms with Crippen LogP contribution in [0.25, 0.3) is 0 Å². The highest BCUT2D eigenvalue weighted by molar-refractivity contribution is 6.05. The van der Waals surface area contributed by atoms with Crippen LogP contribution in [0.15, 0.2) is 53.8 Å². The molecule has 2 aromatic rings. The Morgan fingerprint density at radius 1 is 1.15 bits per heavy atom. The SMILES string of the molecule is COc1ccc(C2=NOC(C)(C(=O)N3CCCC(C(=O)N(C)C)(c4ccccn4)C3)C2)cc1. The van der Waals surface area contributed by atoms with Gasteiger partial charge in [0.25, 0.3) is 5.91 Å². The largest absolute Gasteiger partial charge is 0.497 e. The number of nitrogens with zero attached hydrogens (tertiary/aromatic N) is 4. The number of oxime groups is 1. The minimum Gasteiger partial charge on any atom is -0.497 e. The van der Waals surface area contributed by atoms with E-state index < -0.39 is 11.0 Å². The van der Waals surface area contributed by atoms with Crippen LogP contribution < -0.4 is 4.74 Å². The molecule has 1 saturated heterocycles. The third-order valence-corrected chi connectivity index (χ3v) is 6.49. The Hall–Kier alpha value is -3.42. The van der Waals surface area contributed by atoms with E-state index in [-0.39, 0.29) is 18.4 Å². The second-order valence-electron chi connectivity index (χ2n) is 9.09. The van der Waals surface area contributed by atoms with Crippen LogP contribution in [0.3, 0.4) is 0 Å². The number of likely N-dealkylation sites (N-methyl/N-ethyl adjacent to an activating group) is 1. The van der Waals surface area contributed by atoms with Crippen LogP contribution in [0.5, 0.6) is 5.75 Å². The van der Waals surface area contributed by atoms with Gasteiger partial charge in [-0.05, 0) is 61.7 Å². The number of pyridine rings is 1. The predicted octanol–water partition coefficient (Wildman–Crippen LogP) is 2.62. The zero-order chi connectivity index (χ0) is 23.6. The predicted molar refractivity (Wildman–Crippen MR) is 124 cm³/mol. The van der Waals surface area contributed by atoms with E-state index >= 15 is 0 Å². The van der Waals surface area contributed by atoms with Gasteiger partial charge in [-0.15, -0.1) is 0 Å². The zero-order valence-electron chi connectivity index (χ0n) is 19.6. The molecule has 1 aromatic heterocycles. The molecule has 2 unspecified atom stereocenters. The number of hydrogen-bond donors (Lipinski definition) is 0. The quantitative estimate of drug-likeness (QED) is 0.699. The van der Waals surface area contributed by atoms with Gasteiger partial charge >= 0.3 is 0 Å². The van der Waals surface area contributed by atoms with Gasteiger partial charge in [-0.3, -0.25) is 14.6 Å². The average molecular weight is 451 g/mol. The Bertz CT molecular complexity index is 1050. The highest BCUT2D eigenvalue weighted by Gasteiger charge is 2.51. The molecule has 4 rings (SSSR count). The first-order valence-electron chi connectivity index (χ1n) is 11.1. The lowest BCUT2D eigenvalue weighted by atomic mass is 9.75. The summed E-state index contributed by atoms with van der Waals surface area (Å²) in [4.78, 5) is 40.6. The van der Waals surface area contributed by atoms with Gasteiger partial charge in [0.2, 0.25) is 11.5 Å². The second kappa shape index (κ2) is 8.84. The number of piperidine rings is 1. The van der Waals surface area contributed by atoms with Gasteiger partial charge in [0.1, 0.15) is 11.2 Å². The number of carbonyl (C=O) groups excluding carboxylic acids is 2. The molecule has 1 fully saturated rings. The van der Waals surface area contributed by atoms with Crippen LogP contribution in [0.4, 0.5) is 0 Å². The summed E-state index contributed by atoms with van der Waals surface area (Å²) in [6, 6.07) is 13.1. The topological polar surface area (TPSA) is 84.3 Å². The molecule has 8 heteroatoms. The molecule has 0 spiro atoms. The smallest absolute Gasteiger partial charge is 0.269 e. The maximum atomic E-state index is 13.7. The molecular formula is C25H30N4O4. The van der Waals surface area contributed by atoms with Gasteiger partial charge in [-0.1, -0.05) is 11.2 Å². The number of rotatable bonds is 5. The van der Waals surface area contributed by atoms with Crippen molar-refractivity contribution in [3.63, 3.8) is 0 Å². The standard InChI is InChI=1S/C25H30N4O4/c1-24(16-20(27-33-24)18-9-11-19(32-4)12-10-18)22(30)29-15-7-13-25(17-29,23(31)28(2)3)21-8-5-6-14-26-21/h5-6,8-12,14H,7,13,15-17H2,1-4H3. The summed E-state index contributed by atoms with van der Waals surface area (Å²) < 4.78 is 5.21. The van der Waals surface area contributed by atoms with E-state index in [1.807, 2.05) is 42.5 Å². The van der Waals surface area contributed by atoms with Crippen LogP contribution >= 0.6 is 0 Å². The van der Waals surface area contributed by atoms with Crippen molar-refractivity contribution in [2.45, 2.75) is 37.2 Å². The molecule has 3 heterocycles. The summed E-state index contributed by atoms with van der Waals surface area (Å²) in [6.07, 6.45) is 3.38. The molecule has 0 radical (unpaired) electrons. The van der Waals surface area contributed by atoms with E-state index in [0.717, 1.165) is 11.3 Å². The third kappa shape index (κ3) is 4.17. The molecule has 2 atom stereocenters. The normalized spacial score (nSPS) is 24.6. The molecule has 1 aromatic carbocycles. The van der Waals surface area contributed by atoms with Crippen LogP contribution in [0.1, 0.15) is 37.4 Å². The van der Waals surface area contributed by atoms with Gasteiger partial charge in [0, 0.05) is 39.8 Å². The van der Waals surface area contributed by atoms with Crippen molar-refractivity contribution in [3.8, 4) is 5.75 Å². The van der Waals surface area contributed by atoms with Crippen molar-refractivity contribution in [1.29, 1.82) is 0 Å². The fraction of sp³-hybridized carbons (Fsp3) is 0.440. The summed E-state index contributed by atoms with van der Waals surface area (Å²) in [5.41, 5.74) is 0.285. The zero-order valence-corrected chi connectivity index (χ0v) is 19.6. The van der Waals surface area contributed by atoms with E-state index in [4.69, 9.17) is 9.57 Å². The summed E-state index contributed by atoms with van der Waals surface area (Å²) in [6.45, 7) is 2.59. The molecular weight excluding hydrogens is 420 g/mol. The minimum atomic E-state index is -1.12. The van der Waals surface area contributed by atoms with E-state index in [0.29, 0.717) is 37.2 Å². The first-order valence-corrected chi connectivity index (χ1v) is 11.1. The number of likely N-dealkylation sites (tertiary alicyclic amines) is 1. The Labute approximate surface area is 194 Å². The lowest BCUT2D eigenvalue weighted by molar-refractivity contribution is -0.157. The van der Waals surface area contributed by atoms with Crippen LogP contribution in [0, 0.1) is 0 Å². The molecule has 2 aliphatic rings. The van der Waals surface area contributed by atoms with Crippen LogP contribution in [0.2, 0.25) is 0 Å². The van der Waals surface area contributed by atoms with Gasteiger partial charge in [0.15, 0.2) is 0 Å². The maximum absolute atomic E-state index is 13.7. The molecule has 0 N–H and O–H groups in total. The minimum absolute atomic E-state index is 0.0497. The Morgan fingerprint density at radius 3 is 2.55 bits per heavy atom. The van der Waals surface area contributed by atoms with E-state index in [1.54, 1.807) is 44.1 Å². The molecule has 2 amide bonds.